The molecule has 4 nitrogen and oxygen atoms in total. The van der Waals surface area contributed by atoms with E-state index in [9.17, 15) is 9.59 Å². The third-order valence-electron chi connectivity index (χ3n) is 3.06. The van der Waals surface area contributed by atoms with Crippen LogP contribution in [0.15, 0.2) is 12.2 Å². The van der Waals surface area contributed by atoms with Gasteiger partial charge in [0.15, 0.2) is 0 Å². The van der Waals surface area contributed by atoms with Crippen LogP contribution in [-0.2, 0) is 19.1 Å². The van der Waals surface area contributed by atoms with Crippen LogP contribution >= 0.6 is 0 Å². The van der Waals surface area contributed by atoms with E-state index in [2.05, 4.69) is 25.2 Å². The molecule has 1 atom stereocenters. The van der Waals surface area contributed by atoms with Gasteiger partial charge >= 0.3 is 11.9 Å². The molecule has 0 aliphatic carbocycles. The number of rotatable bonds is 10. The van der Waals surface area contributed by atoms with E-state index in [4.69, 9.17) is 4.74 Å². The first-order valence-corrected chi connectivity index (χ1v) is 7.51. The monoisotopic (exact) mass is 284 g/mol. The van der Waals surface area contributed by atoms with Crippen molar-refractivity contribution in [1.82, 2.24) is 0 Å². The van der Waals surface area contributed by atoms with Crippen LogP contribution in [0.3, 0.4) is 0 Å². The highest BCUT2D eigenvalue weighted by Crippen LogP contribution is 2.18. The van der Waals surface area contributed by atoms with Gasteiger partial charge in [0.2, 0.25) is 0 Å². The van der Waals surface area contributed by atoms with Crippen molar-refractivity contribution < 1.29 is 19.1 Å². The molecule has 0 saturated heterocycles. The lowest BCUT2D eigenvalue weighted by Gasteiger charge is -2.13. The molecule has 116 valence electrons. The number of carbonyl (C=O) groups is 2. The Hall–Kier alpha value is -1.32. The van der Waals surface area contributed by atoms with Gasteiger partial charge in [-0.2, -0.15) is 0 Å². The fourth-order valence-electron chi connectivity index (χ4n) is 1.92. The summed E-state index contributed by atoms with van der Waals surface area (Å²) < 4.78 is 9.42. The third kappa shape index (κ3) is 9.59. The molecule has 0 radical (unpaired) electrons. The number of esters is 2. The molecule has 0 aliphatic heterocycles. The number of unbranched alkanes of at least 4 members (excludes halogenated alkanes) is 2. The third-order valence-corrected chi connectivity index (χ3v) is 3.06. The molecule has 0 aromatic heterocycles. The van der Waals surface area contributed by atoms with Crippen LogP contribution in [0.1, 0.15) is 59.3 Å². The molecular formula is C16H28O4. The Morgan fingerprint density at radius 1 is 1.10 bits per heavy atom. The van der Waals surface area contributed by atoms with Crippen LogP contribution in [0.5, 0.6) is 0 Å². The normalized spacial score (nSPS) is 11.8. The van der Waals surface area contributed by atoms with Crippen molar-refractivity contribution in [3.05, 3.63) is 12.2 Å². The first-order valence-electron chi connectivity index (χ1n) is 7.51. The topological polar surface area (TPSA) is 52.6 Å². The van der Waals surface area contributed by atoms with Gasteiger partial charge < -0.3 is 9.47 Å². The van der Waals surface area contributed by atoms with Crippen LogP contribution in [0.25, 0.3) is 0 Å². The predicted molar refractivity (Wildman–Crippen MR) is 79.3 cm³/mol. The molecule has 0 aromatic rings. The summed E-state index contributed by atoms with van der Waals surface area (Å²) in [5.41, 5.74) is 1.25. The fraction of sp³-hybridized carbons (Fsp3) is 0.750. The van der Waals surface area contributed by atoms with Crippen molar-refractivity contribution in [2.24, 2.45) is 5.92 Å². The zero-order chi connectivity index (χ0) is 15.4. The van der Waals surface area contributed by atoms with Crippen molar-refractivity contribution in [3.8, 4) is 0 Å². The van der Waals surface area contributed by atoms with Gasteiger partial charge in [-0.3, -0.25) is 0 Å². The van der Waals surface area contributed by atoms with Gasteiger partial charge in [0, 0.05) is 0 Å². The zero-order valence-corrected chi connectivity index (χ0v) is 13.1. The Balaban J connectivity index is 3.72. The van der Waals surface area contributed by atoms with E-state index in [0.29, 0.717) is 5.92 Å². The number of hydrogen-bond donors (Lipinski definition) is 0. The predicted octanol–water partition coefficient (Wildman–Crippen LogP) is 3.65. The molecular weight excluding hydrogens is 256 g/mol. The highest BCUT2D eigenvalue weighted by molar-refractivity contribution is 6.29. The standard InChI is InChI=1S/C16H28O4/c1-5-7-8-9-13(3)12-14(4)10-11-20-16(18)15(17)19-6-2/h14H,3,5-12H2,1-2,4H3. The van der Waals surface area contributed by atoms with Gasteiger partial charge in [0.25, 0.3) is 0 Å². The van der Waals surface area contributed by atoms with E-state index in [1.165, 1.54) is 24.8 Å². The quantitative estimate of drug-likeness (QED) is 0.266. The van der Waals surface area contributed by atoms with E-state index in [1.54, 1.807) is 6.92 Å². The molecule has 0 aliphatic rings. The van der Waals surface area contributed by atoms with Crippen molar-refractivity contribution in [1.29, 1.82) is 0 Å². The minimum atomic E-state index is -0.913. The average Bonchev–Trinajstić information content (AvgIpc) is 2.39. The number of ether oxygens (including phenoxy) is 2. The minimum absolute atomic E-state index is 0.182. The van der Waals surface area contributed by atoms with Crippen molar-refractivity contribution in [2.75, 3.05) is 13.2 Å². The van der Waals surface area contributed by atoms with Crippen molar-refractivity contribution in [2.45, 2.75) is 59.3 Å². The number of allylic oxidation sites excluding steroid dienone is 1. The maximum absolute atomic E-state index is 11.2. The van der Waals surface area contributed by atoms with E-state index < -0.39 is 11.9 Å². The van der Waals surface area contributed by atoms with Gasteiger partial charge in [-0.05, 0) is 38.5 Å². The average molecular weight is 284 g/mol. The molecule has 0 fully saturated rings. The summed E-state index contributed by atoms with van der Waals surface area (Å²) in [5.74, 6) is -1.41. The van der Waals surface area contributed by atoms with Crippen LogP contribution in [0, 0.1) is 5.92 Å². The highest BCUT2D eigenvalue weighted by atomic mass is 16.6. The summed E-state index contributed by atoms with van der Waals surface area (Å²) in [5, 5.41) is 0. The second-order valence-corrected chi connectivity index (χ2v) is 5.16. The van der Waals surface area contributed by atoms with Crippen LogP contribution in [0.4, 0.5) is 0 Å². The summed E-state index contributed by atoms with van der Waals surface area (Å²) in [7, 11) is 0. The van der Waals surface area contributed by atoms with Crippen molar-refractivity contribution >= 4 is 11.9 Å². The Morgan fingerprint density at radius 2 is 1.75 bits per heavy atom. The highest BCUT2D eigenvalue weighted by Gasteiger charge is 2.16. The second kappa shape index (κ2) is 11.5. The first kappa shape index (κ1) is 18.7. The Morgan fingerprint density at radius 3 is 2.35 bits per heavy atom. The summed E-state index contributed by atoms with van der Waals surface area (Å²) in [6, 6.07) is 0. The van der Waals surface area contributed by atoms with E-state index in [-0.39, 0.29) is 13.2 Å². The smallest absolute Gasteiger partial charge is 0.417 e. The molecule has 0 bridgehead atoms. The summed E-state index contributed by atoms with van der Waals surface area (Å²) in [6.07, 6.45) is 6.40. The molecule has 0 heterocycles. The summed E-state index contributed by atoms with van der Waals surface area (Å²) in [4.78, 5) is 22.2. The molecule has 0 rings (SSSR count). The van der Waals surface area contributed by atoms with Gasteiger partial charge in [-0.15, -0.1) is 0 Å². The Kier molecular flexibility index (Phi) is 10.7. The molecule has 4 heteroatoms. The molecule has 0 N–H and O–H groups in total. The largest absolute Gasteiger partial charge is 0.458 e. The van der Waals surface area contributed by atoms with E-state index in [0.717, 1.165) is 19.3 Å². The Labute approximate surface area is 122 Å². The first-order chi connectivity index (χ1) is 9.51. The molecule has 0 saturated carbocycles. The van der Waals surface area contributed by atoms with Gasteiger partial charge in [-0.1, -0.05) is 38.8 Å². The maximum atomic E-state index is 11.2. The zero-order valence-electron chi connectivity index (χ0n) is 13.1. The fourth-order valence-corrected chi connectivity index (χ4v) is 1.92. The molecule has 0 spiro atoms. The lowest BCUT2D eigenvalue weighted by Crippen LogP contribution is -2.21. The number of hydrogen-bond acceptors (Lipinski definition) is 4. The summed E-state index contributed by atoms with van der Waals surface area (Å²) >= 11 is 0. The van der Waals surface area contributed by atoms with Crippen LogP contribution < -0.4 is 0 Å². The lowest BCUT2D eigenvalue weighted by molar-refractivity contribution is -0.167. The molecule has 0 aromatic carbocycles. The maximum Gasteiger partial charge on any atom is 0.417 e. The van der Waals surface area contributed by atoms with Gasteiger partial charge in [0.05, 0.1) is 13.2 Å². The molecule has 1 unspecified atom stereocenters. The van der Waals surface area contributed by atoms with E-state index in [1.807, 2.05) is 0 Å². The summed E-state index contributed by atoms with van der Waals surface area (Å²) in [6.45, 7) is 10.4. The van der Waals surface area contributed by atoms with E-state index >= 15 is 0 Å². The van der Waals surface area contributed by atoms with Crippen LogP contribution in [-0.4, -0.2) is 25.2 Å². The molecule has 0 amide bonds. The second-order valence-electron chi connectivity index (χ2n) is 5.16. The van der Waals surface area contributed by atoms with Crippen LogP contribution in [0.2, 0.25) is 0 Å². The SMILES string of the molecule is C=C(CCCCC)CC(C)CCOC(=O)C(=O)OCC. The molecule has 20 heavy (non-hydrogen) atoms. The van der Waals surface area contributed by atoms with Gasteiger partial charge in [0.1, 0.15) is 0 Å². The van der Waals surface area contributed by atoms with Gasteiger partial charge in [-0.25, -0.2) is 9.59 Å². The van der Waals surface area contributed by atoms with Crippen molar-refractivity contribution in [3.63, 3.8) is 0 Å². The Bertz CT molecular complexity index is 310. The lowest BCUT2D eigenvalue weighted by atomic mass is 9.96. The number of carbonyl (C=O) groups excluding carboxylic acids is 2. The minimum Gasteiger partial charge on any atom is -0.458 e.